The molecule has 2 aromatic rings. The lowest BCUT2D eigenvalue weighted by atomic mass is 10.1. The van der Waals surface area contributed by atoms with Crippen molar-refractivity contribution in [1.29, 1.82) is 0 Å². The minimum atomic E-state index is -0.578. The predicted molar refractivity (Wildman–Crippen MR) is 123 cm³/mol. The molecule has 1 saturated carbocycles. The van der Waals surface area contributed by atoms with Gasteiger partial charge >= 0.3 is 0 Å². The average Bonchev–Trinajstić information content (AvgIpc) is 3.27. The lowest BCUT2D eigenvalue weighted by Crippen LogP contribution is -2.52. The maximum Gasteiger partial charge on any atom is 0.261 e. The lowest BCUT2D eigenvalue weighted by molar-refractivity contribution is -0.143. The fourth-order valence-electron chi connectivity index (χ4n) is 3.96. The Kier molecular flexibility index (Phi) is 8.35. The molecular formula is C25H31ClN2O3. The van der Waals surface area contributed by atoms with E-state index in [-0.39, 0.29) is 31.0 Å². The molecule has 0 aliphatic heterocycles. The zero-order valence-corrected chi connectivity index (χ0v) is 19.0. The minimum Gasteiger partial charge on any atom is -0.484 e. The van der Waals surface area contributed by atoms with Gasteiger partial charge in [-0.1, -0.05) is 67.3 Å². The molecular weight excluding hydrogens is 412 g/mol. The highest BCUT2D eigenvalue weighted by atomic mass is 35.5. The van der Waals surface area contributed by atoms with Crippen molar-refractivity contribution in [3.63, 3.8) is 0 Å². The number of aryl methyl sites for hydroxylation is 1. The van der Waals surface area contributed by atoms with Gasteiger partial charge in [-0.25, -0.2) is 0 Å². The zero-order valence-electron chi connectivity index (χ0n) is 18.3. The van der Waals surface area contributed by atoms with E-state index in [0.29, 0.717) is 17.2 Å². The summed E-state index contributed by atoms with van der Waals surface area (Å²) in [6.45, 7) is 4.04. The first-order valence-electron chi connectivity index (χ1n) is 11.0. The van der Waals surface area contributed by atoms with Crippen LogP contribution in [-0.2, 0) is 16.1 Å². The van der Waals surface area contributed by atoms with Gasteiger partial charge in [-0.05, 0) is 49.9 Å². The minimum absolute atomic E-state index is 0.106. The van der Waals surface area contributed by atoms with Crippen LogP contribution in [0.2, 0.25) is 5.02 Å². The van der Waals surface area contributed by atoms with Crippen LogP contribution < -0.4 is 10.1 Å². The number of amides is 2. The second-order valence-corrected chi connectivity index (χ2v) is 8.54. The van der Waals surface area contributed by atoms with Crippen LogP contribution in [0.15, 0.2) is 48.5 Å². The van der Waals surface area contributed by atoms with Gasteiger partial charge in [-0.2, -0.15) is 0 Å². The van der Waals surface area contributed by atoms with Gasteiger partial charge in [0.1, 0.15) is 11.8 Å². The molecule has 3 rings (SSSR count). The number of nitrogens with zero attached hydrogens (tertiary/aromatic N) is 1. The Balaban J connectivity index is 1.76. The van der Waals surface area contributed by atoms with Crippen molar-refractivity contribution in [2.75, 3.05) is 6.61 Å². The molecule has 0 spiro atoms. The Bertz CT molecular complexity index is 879. The standard InChI is InChI=1S/C25H31ClN2O3/c1-3-23(25(30)27-20-9-5-6-10-20)28(16-19-8-4-7-11-22(19)26)24(29)17-31-21-14-12-18(2)13-15-21/h4,7-8,11-15,20,23H,3,5-6,9-10,16-17H2,1-2H3,(H,27,30). The molecule has 0 aromatic heterocycles. The average molecular weight is 443 g/mol. The fraction of sp³-hybridized carbons (Fsp3) is 0.440. The molecule has 1 fully saturated rings. The number of halogens is 1. The molecule has 1 atom stereocenters. The highest BCUT2D eigenvalue weighted by molar-refractivity contribution is 6.31. The summed E-state index contributed by atoms with van der Waals surface area (Å²) in [5.41, 5.74) is 1.92. The largest absolute Gasteiger partial charge is 0.484 e. The predicted octanol–water partition coefficient (Wildman–Crippen LogP) is 4.89. The van der Waals surface area contributed by atoms with E-state index in [2.05, 4.69) is 5.32 Å². The van der Waals surface area contributed by atoms with Gasteiger partial charge in [0.05, 0.1) is 0 Å². The van der Waals surface area contributed by atoms with Crippen molar-refractivity contribution in [2.24, 2.45) is 0 Å². The van der Waals surface area contributed by atoms with Crippen LogP contribution in [0.4, 0.5) is 0 Å². The second-order valence-electron chi connectivity index (χ2n) is 8.13. The number of hydrogen-bond acceptors (Lipinski definition) is 3. The third kappa shape index (κ3) is 6.47. The summed E-state index contributed by atoms with van der Waals surface area (Å²) in [7, 11) is 0. The normalized spacial score (nSPS) is 14.8. The molecule has 0 bridgehead atoms. The van der Waals surface area contributed by atoms with Crippen LogP contribution in [0, 0.1) is 6.92 Å². The molecule has 166 valence electrons. The topological polar surface area (TPSA) is 58.6 Å². The molecule has 31 heavy (non-hydrogen) atoms. The third-order valence-corrected chi connectivity index (χ3v) is 6.14. The number of benzene rings is 2. The summed E-state index contributed by atoms with van der Waals surface area (Å²) in [5.74, 6) is 0.277. The lowest BCUT2D eigenvalue weighted by Gasteiger charge is -2.31. The quantitative estimate of drug-likeness (QED) is 0.601. The smallest absolute Gasteiger partial charge is 0.261 e. The highest BCUT2D eigenvalue weighted by Gasteiger charge is 2.31. The summed E-state index contributed by atoms with van der Waals surface area (Å²) in [5, 5.41) is 3.71. The van der Waals surface area contributed by atoms with Gasteiger partial charge < -0.3 is 15.0 Å². The van der Waals surface area contributed by atoms with E-state index in [4.69, 9.17) is 16.3 Å². The maximum absolute atomic E-state index is 13.2. The van der Waals surface area contributed by atoms with Crippen molar-refractivity contribution >= 4 is 23.4 Å². The van der Waals surface area contributed by atoms with Crippen LogP contribution in [-0.4, -0.2) is 35.4 Å². The maximum atomic E-state index is 13.2. The van der Waals surface area contributed by atoms with Crippen molar-refractivity contribution in [2.45, 2.75) is 64.6 Å². The van der Waals surface area contributed by atoms with Gasteiger partial charge in [-0.3, -0.25) is 9.59 Å². The van der Waals surface area contributed by atoms with Crippen molar-refractivity contribution in [3.05, 3.63) is 64.7 Å². The van der Waals surface area contributed by atoms with Crippen molar-refractivity contribution < 1.29 is 14.3 Å². The van der Waals surface area contributed by atoms with E-state index >= 15 is 0 Å². The summed E-state index contributed by atoms with van der Waals surface area (Å²) >= 11 is 6.36. The van der Waals surface area contributed by atoms with Crippen molar-refractivity contribution in [3.8, 4) is 5.75 Å². The van der Waals surface area contributed by atoms with Crippen LogP contribution in [0.3, 0.4) is 0 Å². The zero-order chi connectivity index (χ0) is 22.2. The summed E-state index contributed by atoms with van der Waals surface area (Å²) < 4.78 is 5.72. The highest BCUT2D eigenvalue weighted by Crippen LogP contribution is 2.22. The molecule has 2 aromatic carbocycles. The molecule has 0 heterocycles. The Morgan fingerprint density at radius 2 is 1.81 bits per heavy atom. The van der Waals surface area contributed by atoms with E-state index in [0.717, 1.165) is 36.8 Å². The third-order valence-electron chi connectivity index (χ3n) is 5.77. The van der Waals surface area contributed by atoms with Gasteiger partial charge in [-0.15, -0.1) is 0 Å². The molecule has 5 nitrogen and oxygen atoms in total. The number of hydrogen-bond donors (Lipinski definition) is 1. The first-order valence-corrected chi connectivity index (χ1v) is 11.4. The number of carbonyl (C=O) groups excluding carboxylic acids is 2. The Hall–Kier alpha value is -2.53. The number of rotatable bonds is 9. The Morgan fingerprint density at radius 1 is 1.13 bits per heavy atom. The summed E-state index contributed by atoms with van der Waals surface area (Å²) in [6.07, 6.45) is 4.77. The van der Waals surface area contributed by atoms with Gasteiger partial charge in [0.25, 0.3) is 5.91 Å². The van der Waals surface area contributed by atoms with Gasteiger partial charge in [0.15, 0.2) is 6.61 Å². The van der Waals surface area contributed by atoms with Gasteiger partial charge in [0.2, 0.25) is 5.91 Å². The first-order chi connectivity index (χ1) is 15.0. The molecule has 0 saturated heterocycles. The van der Waals surface area contributed by atoms with E-state index in [9.17, 15) is 9.59 Å². The number of carbonyl (C=O) groups is 2. The van der Waals surface area contributed by atoms with E-state index < -0.39 is 6.04 Å². The Labute approximate surface area is 189 Å². The molecule has 1 aliphatic carbocycles. The first kappa shape index (κ1) is 23.1. The van der Waals surface area contributed by atoms with Gasteiger partial charge in [0, 0.05) is 17.6 Å². The molecule has 2 amide bonds. The summed E-state index contributed by atoms with van der Waals surface area (Å²) in [4.78, 5) is 27.9. The van der Waals surface area contributed by atoms with Crippen LogP contribution in [0.25, 0.3) is 0 Å². The number of nitrogens with one attached hydrogen (secondary N) is 1. The Morgan fingerprint density at radius 3 is 2.45 bits per heavy atom. The molecule has 0 radical (unpaired) electrons. The van der Waals surface area contributed by atoms with Crippen LogP contribution in [0.1, 0.15) is 50.2 Å². The fourth-order valence-corrected chi connectivity index (χ4v) is 4.16. The monoisotopic (exact) mass is 442 g/mol. The van der Waals surface area contributed by atoms with Crippen molar-refractivity contribution in [1.82, 2.24) is 10.2 Å². The molecule has 1 aliphatic rings. The van der Waals surface area contributed by atoms with E-state index in [1.807, 2.05) is 56.3 Å². The molecule has 6 heteroatoms. The van der Waals surface area contributed by atoms with E-state index in [1.54, 1.807) is 11.0 Å². The van der Waals surface area contributed by atoms with Crippen LogP contribution in [0.5, 0.6) is 5.75 Å². The SMILES string of the molecule is CCC(C(=O)NC1CCCC1)N(Cc1ccccc1Cl)C(=O)COc1ccc(C)cc1. The second kappa shape index (κ2) is 11.2. The van der Waals surface area contributed by atoms with E-state index in [1.165, 1.54) is 0 Å². The van der Waals surface area contributed by atoms with Crippen LogP contribution >= 0.6 is 11.6 Å². The molecule has 1 unspecified atom stereocenters. The summed E-state index contributed by atoms with van der Waals surface area (Å²) in [6, 6.07) is 14.6. The number of ether oxygens (including phenoxy) is 1. The molecule has 1 N–H and O–H groups in total.